The molecule has 2 rings (SSSR count). The minimum absolute atomic E-state index is 0.575. The van der Waals surface area contributed by atoms with Crippen molar-refractivity contribution in [3.8, 4) is 0 Å². The Labute approximate surface area is 93.4 Å². The average molecular weight is 221 g/mol. The molecule has 0 amide bonds. The van der Waals surface area contributed by atoms with E-state index in [1.54, 1.807) is 17.2 Å². The van der Waals surface area contributed by atoms with Crippen molar-refractivity contribution in [1.82, 2.24) is 20.3 Å². The third-order valence-corrected chi connectivity index (χ3v) is 2.16. The molecular weight excluding hydrogens is 206 g/mol. The number of nitrogens with two attached hydrogens (primary N) is 1. The lowest BCUT2D eigenvalue weighted by molar-refractivity contribution is 0.560. The summed E-state index contributed by atoms with van der Waals surface area (Å²) in [4.78, 5) is 0. The van der Waals surface area contributed by atoms with Gasteiger partial charge in [-0.25, -0.2) is 0 Å². The van der Waals surface area contributed by atoms with E-state index in [0.29, 0.717) is 19.6 Å². The van der Waals surface area contributed by atoms with Crippen molar-refractivity contribution >= 4 is 0 Å². The molecule has 16 heavy (non-hydrogen) atoms. The fraction of sp³-hybridized carbons (Fsp3) is 0.400. The molecule has 0 fully saturated rings. The highest BCUT2D eigenvalue weighted by Gasteiger charge is 2.00. The van der Waals surface area contributed by atoms with Crippen LogP contribution in [0.25, 0.3) is 0 Å². The van der Waals surface area contributed by atoms with Gasteiger partial charge in [-0.1, -0.05) is 5.21 Å². The third-order valence-electron chi connectivity index (χ3n) is 2.16. The van der Waals surface area contributed by atoms with Crippen molar-refractivity contribution in [1.29, 1.82) is 0 Å². The van der Waals surface area contributed by atoms with E-state index in [1.165, 1.54) is 0 Å². The highest BCUT2D eigenvalue weighted by Crippen LogP contribution is 1.99. The van der Waals surface area contributed by atoms with Crippen LogP contribution in [0, 0.1) is 0 Å². The van der Waals surface area contributed by atoms with E-state index in [-0.39, 0.29) is 0 Å². The SMILES string of the molecule is NCCn1cc(CNCc2ccoc2)nn1. The van der Waals surface area contributed by atoms with Gasteiger partial charge in [0.25, 0.3) is 0 Å². The van der Waals surface area contributed by atoms with Gasteiger partial charge < -0.3 is 15.5 Å². The zero-order valence-electron chi connectivity index (χ0n) is 8.97. The van der Waals surface area contributed by atoms with E-state index in [9.17, 15) is 0 Å². The first kappa shape index (κ1) is 10.8. The van der Waals surface area contributed by atoms with Gasteiger partial charge in [-0.05, 0) is 6.07 Å². The van der Waals surface area contributed by atoms with Crippen LogP contribution in [0.1, 0.15) is 11.3 Å². The molecule has 6 nitrogen and oxygen atoms in total. The van der Waals surface area contributed by atoms with Gasteiger partial charge in [0.15, 0.2) is 0 Å². The number of rotatable bonds is 6. The Morgan fingerprint density at radius 3 is 3.12 bits per heavy atom. The smallest absolute Gasteiger partial charge is 0.0964 e. The molecule has 2 aromatic rings. The molecule has 0 unspecified atom stereocenters. The fourth-order valence-electron chi connectivity index (χ4n) is 1.39. The van der Waals surface area contributed by atoms with E-state index in [1.807, 2.05) is 12.3 Å². The normalized spacial score (nSPS) is 10.8. The molecule has 6 heteroatoms. The van der Waals surface area contributed by atoms with Crippen LogP contribution in [0.3, 0.4) is 0 Å². The number of hydrogen-bond acceptors (Lipinski definition) is 5. The largest absolute Gasteiger partial charge is 0.472 e. The molecule has 0 aliphatic heterocycles. The maximum Gasteiger partial charge on any atom is 0.0964 e. The number of nitrogens with zero attached hydrogens (tertiary/aromatic N) is 3. The Kier molecular flexibility index (Phi) is 3.68. The minimum Gasteiger partial charge on any atom is -0.472 e. The molecule has 0 spiro atoms. The van der Waals surface area contributed by atoms with Crippen molar-refractivity contribution in [2.45, 2.75) is 19.6 Å². The van der Waals surface area contributed by atoms with Gasteiger partial charge in [0.1, 0.15) is 0 Å². The summed E-state index contributed by atoms with van der Waals surface area (Å²) in [7, 11) is 0. The monoisotopic (exact) mass is 221 g/mol. The Morgan fingerprint density at radius 2 is 2.38 bits per heavy atom. The summed E-state index contributed by atoms with van der Waals surface area (Å²) in [5.74, 6) is 0. The van der Waals surface area contributed by atoms with Crippen LogP contribution in [0.15, 0.2) is 29.2 Å². The van der Waals surface area contributed by atoms with Gasteiger partial charge in [-0.2, -0.15) is 0 Å². The van der Waals surface area contributed by atoms with Gasteiger partial charge in [-0.15, -0.1) is 5.10 Å². The molecular formula is C10H15N5O. The molecule has 0 bridgehead atoms. The second kappa shape index (κ2) is 5.43. The van der Waals surface area contributed by atoms with Crippen molar-refractivity contribution in [3.63, 3.8) is 0 Å². The summed E-state index contributed by atoms with van der Waals surface area (Å²) in [5.41, 5.74) is 7.45. The first-order valence-electron chi connectivity index (χ1n) is 5.19. The quantitative estimate of drug-likeness (QED) is 0.724. The molecule has 0 aliphatic carbocycles. The predicted octanol–water partition coefficient (Wildman–Crippen LogP) is 0.120. The van der Waals surface area contributed by atoms with Crippen molar-refractivity contribution < 1.29 is 4.42 Å². The molecule has 0 aromatic carbocycles. The van der Waals surface area contributed by atoms with Crippen molar-refractivity contribution in [2.75, 3.05) is 6.54 Å². The first-order valence-corrected chi connectivity index (χ1v) is 5.19. The van der Waals surface area contributed by atoms with Gasteiger partial charge in [0.05, 0.1) is 24.8 Å². The van der Waals surface area contributed by atoms with E-state index in [2.05, 4.69) is 15.6 Å². The summed E-state index contributed by atoms with van der Waals surface area (Å²) in [6.45, 7) is 2.73. The summed E-state index contributed by atoms with van der Waals surface area (Å²) < 4.78 is 6.71. The Morgan fingerprint density at radius 1 is 1.44 bits per heavy atom. The number of hydrogen-bond donors (Lipinski definition) is 2. The van der Waals surface area contributed by atoms with Crippen LogP contribution >= 0.6 is 0 Å². The lowest BCUT2D eigenvalue weighted by atomic mass is 10.3. The highest BCUT2D eigenvalue weighted by molar-refractivity contribution is 5.04. The van der Waals surface area contributed by atoms with E-state index < -0.39 is 0 Å². The van der Waals surface area contributed by atoms with Crippen LogP contribution in [0.2, 0.25) is 0 Å². The van der Waals surface area contributed by atoms with Crippen LogP contribution in [-0.4, -0.2) is 21.5 Å². The average Bonchev–Trinajstić information content (AvgIpc) is 2.90. The van der Waals surface area contributed by atoms with Crippen molar-refractivity contribution in [2.24, 2.45) is 5.73 Å². The number of aromatic nitrogens is 3. The Balaban J connectivity index is 1.76. The number of nitrogens with one attached hydrogen (secondary N) is 1. The predicted molar refractivity (Wildman–Crippen MR) is 58.3 cm³/mol. The molecule has 0 saturated heterocycles. The van der Waals surface area contributed by atoms with Gasteiger partial charge >= 0.3 is 0 Å². The van der Waals surface area contributed by atoms with Crippen LogP contribution < -0.4 is 11.1 Å². The third kappa shape index (κ3) is 2.91. The summed E-state index contributed by atoms with van der Waals surface area (Å²) in [6, 6.07) is 1.93. The van der Waals surface area contributed by atoms with Crippen molar-refractivity contribution in [3.05, 3.63) is 36.0 Å². The zero-order chi connectivity index (χ0) is 11.2. The van der Waals surface area contributed by atoms with Crippen LogP contribution in [-0.2, 0) is 19.6 Å². The maximum absolute atomic E-state index is 5.42. The molecule has 0 saturated carbocycles. The van der Waals surface area contributed by atoms with Gasteiger partial charge in [0, 0.05) is 31.4 Å². The molecule has 0 radical (unpaired) electrons. The minimum atomic E-state index is 0.575. The fourth-order valence-corrected chi connectivity index (χ4v) is 1.39. The lowest BCUT2D eigenvalue weighted by Crippen LogP contribution is -2.12. The molecule has 2 heterocycles. The summed E-state index contributed by atoms with van der Waals surface area (Å²) >= 11 is 0. The molecule has 3 N–H and O–H groups in total. The molecule has 2 aromatic heterocycles. The van der Waals surface area contributed by atoms with Gasteiger partial charge in [-0.3, -0.25) is 4.68 Å². The summed E-state index contributed by atoms with van der Waals surface area (Å²) in [6.07, 6.45) is 5.28. The van der Waals surface area contributed by atoms with E-state index in [0.717, 1.165) is 17.8 Å². The molecule has 0 aliphatic rings. The van der Waals surface area contributed by atoms with Crippen LogP contribution in [0.4, 0.5) is 0 Å². The second-order valence-corrected chi connectivity index (χ2v) is 3.50. The number of furan rings is 1. The Bertz CT molecular complexity index is 409. The lowest BCUT2D eigenvalue weighted by Gasteiger charge is -1.98. The second-order valence-electron chi connectivity index (χ2n) is 3.50. The van der Waals surface area contributed by atoms with E-state index >= 15 is 0 Å². The van der Waals surface area contributed by atoms with E-state index in [4.69, 9.17) is 10.2 Å². The summed E-state index contributed by atoms with van der Waals surface area (Å²) in [5, 5.41) is 11.2. The molecule has 86 valence electrons. The standard InChI is InChI=1S/C10H15N5O/c11-2-3-15-7-10(13-14-15)6-12-5-9-1-4-16-8-9/h1,4,7-8,12H,2-3,5-6,11H2. The van der Waals surface area contributed by atoms with Gasteiger partial charge in [0.2, 0.25) is 0 Å². The highest BCUT2D eigenvalue weighted by atomic mass is 16.3. The zero-order valence-corrected chi connectivity index (χ0v) is 8.97. The Hall–Kier alpha value is -1.66. The topological polar surface area (TPSA) is 81.9 Å². The molecule has 0 atom stereocenters. The van der Waals surface area contributed by atoms with Crippen LogP contribution in [0.5, 0.6) is 0 Å². The maximum atomic E-state index is 5.42. The first-order chi connectivity index (χ1) is 7.88.